The Morgan fingerprint density at radius 1 is 1.86 bits per heavy atom. The summed E-state index contributed by atoms with van der Waals surface area (Å²) in [7, 11) is 0. The third-order valence-corrected chi connectivity index (χ3v) is 2.30. The van der Waals surface area contributed by atoms with E-state index in [1.165, 1.54) is 0 Å². The van der Waals surface area contributed by atoms with E-state index < -0.39 is 0 Å². The molecule has 0 aromatic rings. The van der Waals surface area contributed by atoms with E-state index >= 15 is 0 Å². The van der Waals surface area contributed by atoms with Gasteiger partial charge in [0.2, 0.25) is 0 Å². The summed E-state index contributed by atoms with van der Waals surface area (Å²) >= 11 is 6.86. The van der Waals surface area contributed by atoms with Crippen molar-refractivity contribution in [2.24, 2.45) is 0 Å². The topological polar surface area (TPSA) is 12.5 Å². The lowest BCUT2D eigenvalue weighted by molar-refractivity contribution is 0.361. The van der Waals surface area contributed by atoms with Gasteiger partial charge >= 0.3 is 0 Å². The molecule has 0 atom stereocenters. The maximum atomic E-state index is 4.91. The summed E-state index contributed by atoms with van der Waals surface area (Å²) in [5, 5.41) is 0.612. The first-order chi connectivity index (χ1) is 3.30. The SMILES string of the molecule is S=C1OCCN1I. The first kappa shape index (κ1) is 5.55. The zero-order chi connectivity index (χ0) is 5.28. The standard InChI is InChI=1S/C3H4INOS/c4-5-1-2-6-3(5)7/h1-2H2. The fourth-order valence-electron chi connectivity index (χ4n) is 0.374. The Labute approximate surface area is 61.3 Å². The maximum Gasteiger partial charge on any atom is 0.268 e. The Morgan fingerprint density at radius 2 is 2.57 bits per heavy atom. The number of nitrogens with zero attached hydrogens (tertiary/aromatic N) is 1. The van der Waals surface area contributed by atoms with Crippen molar-refractivity contribution in [1.29, 1.82) is 0 Å². The summed E-state index contributed by atoms with van der Waals surface area (Å²) in [6.45, 7) is 1.68. The van der Waals surface area contributed by atoms with Crippen LogP contribution in [0.4, 0.5) is 0 Å². The summed E-state index contributed by atoms with van der Waals surface area (Å²) < 4.78 is 6.80. The van der Waals surface area contributed by atoms with Crippen LogP contribution in [0.1, 0.15) is 0 Å². The molecule has 0 N–H and O–H groups in total. The second-order valence-corrected chi connectivity index (χ2v) is 2.71. The molecule has 0 aliphatic carbocycles. The molecule has 4 heteroatoms. The number of hydrogen-bond acceptors (Lipinski definition) is 2. The molecule has 0 saturated carbocycles. The minimum atomic E-state index is 0.612. The van der Waals surface area contributed by atoms with Crippen LogP contribution in [0, 0.1) is 0 Å². The second-order valence-electron chi connectivity index (χ2n) is 1.20. The highest BCUT2D eigenvalue weighted by molar-refractivity contribution is 14.1. The van der Waals surface area contributed by atoms with E-state index in [-0.39, 0.29) is 0 Å². The summed E-state index contributed by atoms with van der Waals surface area (Å²) in [5.74, 6) is 0. The van der Waals surface area contributed by atoms with Crippen molar-refractivity contribution < 1.29 is 4.74 Å². The Balaban J connectivity index is 2.48. The monoisotopic (exact) mass is 229 g/mol. The first-order valence-electron chi connectivity index (χ1n) is 1.91. The lowest BCUT2D eigenvalue weighted by Gasteiger charge is -1.99. The number of hydrogen-bond donors (Lipinski definition) is 0. The zero-order valence-corrected chi connectivity index (χ0v) is 6.53. The van der Waals surface area contributed by atoms with Crippen molar-refractivity contribution in [2.45, 2.75) is 0 Å². The number of thiocarbonyl (C=S) groups is 1. The highest BCUT2D eigenvalue weighted by Gasteiger charge is 2.13. The molecule has 1 aliphatic heterocycles. The zero-order valence-electron chi connectivity index (χ0n) is 3.56. The van der Waals surface area contributed by atoms with Gasteiger partial charge in [0, 0.05) is 0 Å². The van der Waals surface area contributed by atoms with Crippen molar-refractivity contribution >= 4 is 40.3 Å². The van der Waals surface area contributed by atoms with Crippen LogP contribution < -0.4 is 0 Å². The molecule has 2 nitrogen and oxygen atoms in total. The molecule has 1 saturated heterocycles. The van der Waals surface area contributed by atoms with Gasteiger partial charge in [-0.2, -0.15) is 0 Å². The van der Waals surface area contributed by atoms with E-state index in [0.29, 0.717) is 5.17 Å². The largest absolute Gasteiger partial charge is 0.469 e. The highest BCUT2D eigenvalue weighted by atomic mass is 127. The quantitative estimate of drug-likeness (QED) is 0.348. The van der Waals surface area contributed by atoms with E-state index in [2.05, 4.69) is 22.9 Å². The normalized spacial score (nSPS) is 20.1. The van der Waals surface area contributed by atoms with E-state index in [0.717, 1.165) is 13.2 Å². The third kappa shape index (κ3) is 1.16. The van der Waals surface area contributed by atoms with E-state index in [1.54, 1.807) is 0 Å². The Bertz CT molecular complexity index is 96.9. The van der Waals surface area contributed by atoms with Crippen LogP contribution in [0.2, 0.25) is 0 Å². The predicted molar refractivity (Wildman–Crippen MR) is 39.3 cm³/mol. The lowest BCUT2D eigenvalue weighted by Crippen LogP contribution is -2.08. The molecule has 1 rings (SSSR count). The van der Waals surface area contributed by atoms with E-state index in [4.69, 9.17) is 17.0 Å². The van der Waals surface area contributed by atoms with Crippen LogP contribution in [0.5, 0.6) is 0 Å². The van der Waals surface area contributed by atoms with Gasteiger partial charge in [0.05, 0.1) is 29.4 Å². The van der Waals surface area contributed by atoms with Crippen LogP contribution in [0.25, 0.3) is 0 Å². The summed E-state index contributed by atoms with van der Waals surface area (Å²) in [6.07, 6.45) is 0. The van der Waals surface area contributed by atoms with Gasteiger partial charge in [0.25, 0.3) is 5.17 Å². The maximum absolute atomic E-state index is 4.91. The fourth-order valence-corrected chi connectivity index (χ4v) is 0.885. The van der Waals surface area contributed by atoms with E-state index in [1.807, 2.05) is 3.11 Å². The van der Waals surface area contributed by atoms with Gasteiger partial charge in [0.1, 0.15) is 6.61 Å². The predicted octanol–water partition coefficient (Wildman–Crippen LogP) is 0.954. The molecule has 0 spiro atoms. The number of rotatable bonds is 0. The minimum Gasteiger partial charge on any atom is -0.469 e. The molecule has 0 amide bonds. The Kier molecular flexibility index (Phi) is 1.69. The fraction of sp³-hybridized carbons (Fsp3) is 0.667. The summed E-state index contributed by atoms with van der Waals surface area (Å²) in [4.78, 5) is 0. The van der Waals surface area contributed by atoms with Crippen molar-refractivity contribution in [3.8, 4) is 0 Å². The first-order valence-corrected chi connectivity index (χ1v) is 3.28. The molecule has 40 valence electrons. The molecule has 0 unspecified atom stereocenters. The summed E-state index contributed by atoms with van der Waals surface area (Å²) in [5.41, 5.74) is 0. The Morgan fingerprint density at radius 3 is 2.71 bits per heavy atom. The third-order valence-electron chi connectivity index (χ3n) is 0.711. The van der Waals surface area contributed by atoms with Gasteiger partial charge in [-0.15, -0.1) is 0 Å². The highest BCUT2D eigenvalue weighted by Crippen LogP contribution is 2.07. The molecule has 0 aromatic carbocycles. The van der Waals surface area contributed by atoms with Gasteiger partial charge < -0.3 is 4.74 Å². The molecule has 1 aliphatic rings. The van der Waals surface area contributed by atoms with Gasteiger partial charge in [-0.25, -0.2) is 0 Å². The van der Waals surface area contributed by atoms with Gasteiger partial charge in [-0.1, -0.05) is 0 Å². The molecule has 7 heavy (non-hydrogen) atoms. The molecule has 0 radical (unpaired) electrons. The van der Waals surface area contributed by atoms with E-state index in [9.17, 15) is 0 Å². The van der Waals surface area contributed by atoms with Gasteiger partial charge in [-0.3, -0.25) is 3.11 Å². The van der Waals surface area contributed by atoms with Crippen molar-refractivity contribution in [2.75, 3.05) is 13.2 Å². The average Bonchev–Trinajstić information content (AvgIpc) is 1.91. The molecule has 1 fully saturated rings. The average molecular weight is 229 g/mol. The van der Waals surface area contributed by atoms with Gasteiger partial charge in [-0.05, 0) is 12.2 Å². The van der Waals surface area contributed by atoms with Crippen LogP contribution in [-0.2, 0) is 4.74 Å². The molecule has 0 aromatic heterocycles. The molecule has 1 heterocycles. The molecular weight excluding hydrogens is 225 g/mol. The van der Waals surface area contributed by atoms with Crippen molar-refractivity contribution in [3.63, 3.8) is 0 Å². The van der Waals surface area contributed by atoms with Crippen LogP contribution >= 0.6 is 35.1 Å². The number of ether oxygens (including phenoxy) is 1. The Hall–Kier alpha value is 0.420. The van der Waals surface area contributed by atoms with Crippen molar-refractivity contribution in [3.05, 3.63) is 0 Å². The van der Waals surface area contributed by atoms with Crippen LogP contribution in [0.3, 0.4) is 0 Å². The van der Waals surface area contributed by atoms with Crippen molar-refractivity contribution in [1.82, 2.24) is 3.11 Å². The van der Waals surface area contributed by atoms with Crippen LogP contribution in [-0.4, -0.2) is 21.4 Å². The van der Waals surface area contributed by atoms with Crippen LogP contribution in [0.15, 0.2) is 0 Å². The second kappa shape index (κ2) is 2.13. The molecule has 0 bridgehead atoms. The molecular formula is C3H4INOS. The summed E-state index contributed by atoms with van der Waals surface area (Å²) in [6, 6.07) is 0. The number of halogens is 1. The minimum absolute atomic E-state index is 0.612. The lowest BCUT2D eigenvalue weighted by atomic mass is 10.7. The smallest absolute Gasteiger partial charge is 0.268 e. The van der Waals surface area contributed by atoms with Gasteiger partial charge in [0.15, 0.2) is 0 Å².